The molecule has 7 heteroatoms. The normalized spacial score (nSPS) is 13.0. The largest absolute Gasteiger partial charge is 0.395 e. The van der Waals surface area contributed by atoms with Crippen LogP contribution >= 0.6 is 0 Å². The Morgan fingerprint density at radius 2 is 1.89 bits per heavy atom. The van der Waals surface area contributed by atoms with E-state index in [4.69, 9.17) is 5.11 Å². The van der Waals surface area contributed by atoms with Gasteiger partial charge in [-0.15, -0.1) is 0 Å². The fourth-order valence-electron chi connectivity index (χ4n) is 1.40. The zero-order valence-electron chi connectivity index (χ0n) is 10.9. The van der Waals surface area contributed by atoms with Crippen LogP contribution in [0.2, 0.25) is 0 Å². The first-order chi connectivity index (χ1) is 8.86. The van der Waals surface area contributed by atoms with Crippen molar-refractivity contribution < 1.29 is 18.3 Å². The number of rotatable bonds is 6. The van der Waals surface area contributed by atoms with Crippen LogP contribution in [-0.2, 0) is 14.8 Å². The van der Waals surface area contributed by atoms with Crippen LogP contribution in [0.15, 0.2) is 29.2 Å². The molecule has 0 aliphatic carbocycles. The van der Waals surface area contributed by atoms with Crippen molar-refractivity contribution in [3.8, 4) is 0 Å². The molecule has 0 unspecified atom stereocenters. The van der Waals surface area contributed by atoms with Gasteiger partial charge in [-0.25, -0.2) is 8.42 Å². The van der Waals surface area contributed by atoms with Crippen LogP contribution < -0.4 is 10.0 Å². The Bertz CT molecular complexity index is 525. The summed E-state index contributed by atoms with van der Waals surface area (Å²) in [5.41, 5.74) is 0.952. The van der Waals surface area contributed by atoms with Gasteiger partial charge in [-0.05, 0) is 26.0 Å². The highest BCUT2D eigenvalue weighted by molar-refractivity contribution is 7.89. The third kappa shape index (κ3) is 4.62. The lowest BCUT2D eigenvalue weighted by Crippen LogP contribution is -2.45. The van der Waals surface area contributed by atoms with E-state index in [1.165, 1.54) is 19.1 Å². The Morgan fingerprint density at radius 1 is 1.32 bits per heavy atom. The summed E-state index contributed by atoms with van der Waals surface area (Å²) in [5, 5.41) is 11.0. The minimum Gasteiger partial charge on any atom is -0.395 e. The molecular weight excluding hydrogens is 268 g/mol. The number of nitrogens with one attached hydrogen (secondary N) is 2. The molecular formula is C12H18N2O4S. The first-order valence-electron chi connectivity index (χ1n) is 5.84. The minimum atomic E-state index is -3.72. The van der Waals surface area contributed by atoms with Gasteiger partial charge in [-0.2, -0.15) is 4.72 Å². The predicted molar refractivity (Wildman–Crippen MR) is 71.1 cm³/mol. The van der Waals surface area contributed by atoms with Crippen molar-refractivity contribution in [2.24, 2.45) is 0 Å². The maximum atomic E-state index is 12.0. The monoisotopic (exact) mass is 286 g/mol. The van der Waals surface area contributed by atoms with E-state index in [0.29, 0.717) is 0 Å². The molecule has 0 saturated heterocycles. The van der Waals surface area contributed by atoms with E-state index in [1.54, 1.807) is 12.1 Å². The summed E-state index contributed by atoms with van der Waals surface area (Å²) >= 11 is 0. The Hall–Kier alpha value is -1.44. The zero-order chi connectivity index (χ0) is 14.5. The number of carbonyl (C=O) groups is 1. The fraction of sp³-hybridized carbons (Fsp3) is 0.417. The van der Waals surface area contributed by atoms with Gasteiger partial charge in [0.2, 0.25) is 15.9 Å². The van der Waals surface area contributed by atoms with Crippen LogP contribution in [0.1, 0.15) is 12.5 Å². The second-order valence-corrected chi connectivity index (χ2v) is 5.88. The van der Waals surface area contributed by atoms with Gasteiger partial charge in [0.25, 0.3) is 0 Å². The van der Waals surface area contributed by atoms with Crippen LogP contribution in [0.3, 0.4) is 0 Å². The summed E-state index contributed by atoms with van der Waals surface area (Å²) in [4.78, 5) is 11.6. The topological polar surface area (TPSA) is 95.5 Å². The highest BCUT2D eigenvalue weighted by Gasteiger charge is 2.21. The second-order valence-electron chi connectivity index (χ2n) is 4.17. The number of aliphatic hydroxyl groups is 1. The lowest BCUT2D eigenvalue weighted by atomic mass is 10.2. The molecule has 1 aromatic rings. The Balaban J connectivity index is 2.74. The first kappa shape index (κ1) is 15.6. The van der Waals surface area contributed by atoms with Crippen LogP contribution in [-0.4, -0.2) is 38.6 Å². The summed E-state index contributed by atoms with van der Waals surface area (Å²) in [6, 6.07) is 5.43. The molecule has 0 bridgehead atoms. The summed E-state index contributed by atoms with van der Waals surface area (Å²) < 4.78 is 26.3. The van der Waals surface area contributed by atoms with Gasteiger partial charge >= 0.3 is 0 Å². The van der Waals surface area contributed by atoms with Gasteiger partial charge in [0.1, 0.15) is 0 Å². The SMILES string of the molecule is Cc1ccc(S(=O)(=O)N[C@@H](C)C(=O)NCCO)cc1. The standard InChI is InChI=1S/C12H18N2O4S/c1-9-3-5-11(6-4-9)19(17,18)14-10(2)12(16)13-7-8-15/h3-6,10,14-15H,7-8H2,1-2H3,(H,13,16)/t10-/m0/s1. The molecule has 0 spiro atoms. The lowest BCUT2D eigenvalue weighted by Gasteiger charge is -2.14. The predicted octanol–water partition coefficient (Wildman–Crippen LogP) is -0.230. The maximum absolute atomic E-state index is 12.0. The molecule has 106 valence electrons. The van der Waals surface area contributed by atoms with E-state index in [1.807, 2.05) is 6.92 Å². The Kier molecular flexibility index (Phi) is 5.46. The fourth-order valence-corrected chi connectivity index (χ4v) is 2.61. The smallest absolute Gasteiger partial charge is 0.241 e. The molecule has 1 rings (SSSR count). The molecule has 1 atom stereocenters. The number of benzene rings is 1. The molecule has 0 fully saturated rings. The number of sulfonamides is 1. The van der Waals surface area contributed by atoms with Crippen molar-refractivity contribution in [2.75, 3.05) is 13.2 Å². The number of hydrogen-bond acceptors (Lipinski definition) is 4. The molecule has 3 N–H and O–H groups in total. The van der Waals surface area contributed by atoms with Gasteiger partial charge in [-0.3, -0.25) is 4.79 Å². The molecule has 19 heavy (non-hydrogen) atoms. The summed E-state index contributed by atoms with van der Waals surface area (Å²) in [6.07, 6.45) is 0. The third-order valence-electron chi connectivity index (χ3n) is 2.47. The van der Waals surface area contributed by atoms with Crippen molar-refractivity contribution in [3.05, 3.63) is 29.8 Å². The average molecular weight is 286 g/mol. The number of aryl methyl sites for hydroxylation is 1. The molecule has 0 aliphatic heterocycles. The maximum Gasteiger partial charge on any atom is 0.241 e. The molecule has 0 radical (unpaired) electrons. The van der Waals surface area contributed by atoms with E-state index in [2.05, 4.69) is 10.0 Å². The van der Waals surface area contributed by atoms with Crippen molar-refractivity contribution >= 4 is 15.9 Å². The van der Waals surface area contributed by atoms with E-state index in [9.17, 15) is 13.2 Å². The number of amides is 1. The van der Waals surface area contributed by atoms with Crippen molar-refractivity contribution in [3.63, 3.8) is 0 Å². The van der Waals surface area contributed by atoms with E-state index < -0.39 is 22.0 Å². The average Bonchev–Trinajstić information content (AvgIpc) is 2.35. The van der Waals surface area contributed by atoms with Crippen LogP contribution in [0.4, 0.5) is 0 Å². The highest BCUT2D eigenvalue weighted by atomic mass is 32.2. The van der Waals surface area contributed by atoms with Gasteiger partial charge in [-0.1, -0.05) is 17.7 Å². The van der Waals surface area contributed by atoms with Crippen LogP contribution in [0.25, 0.3) is 0 Å². The van der Waals surface area contributed by atoms with E-state index >= 15 is 0 Å². The Morgan fingerprint density at radius 3 is 2.42 bits per heavy atom. The molecule has 0 aromatic heterocycles. The van der Waals surface area contributed by atoms with Crippen LogP contribution in [0, 0.1) is 6.92 Å². The molecule has 6 nitrogen and oxygen atoms in total. The number of carbonyl (C=O) groups excluding carboxylic acids is 1. The summed E-state index contributed by atoms with van der Waals surface area (Å²) in [6.45, 7) is 3.20. The zero-order valence-corrected chi connectivity index (χ0v) is 11.7. The second kappa shape index (κ2) is 6.65. The van der Waals surface area contributed by atoms with Crippen molar-refractivity contribution in [1.29, 1.82) is 0 Å². The summed E-state index contributed by atoms with van der Waals surface area (Å²) in [5.74, 6) is -0.482. The van der Waals surface area contributed by atoms with E-state index in [-0.39, 0.29) is 18.0 Å². The molecule has 0 saturated carbocycles. The Labute approximate surface area is 112 Å². The molecule has 0 heterocycles. The van der Waals surface area contributed by atoms with Gasteiger partial charge in [0.15, 0.2) is 0 Å². The molecule has 1 aromatic carbocycles. The van der Waals surface area contributed by atoms with Crippen molar-refractivity contribution in [2.45, 2.75) is 24.8 Å². The number of hydrogen-bond donors (Lipinski definition) is 3. The quantitative estimate of drug-likeness (QED) is 0.673. The van der Waals surface area contributed by atoms with Crippen LogP contribution in [0.5, 0.6) is 0 Å². The third-order valence-corrected chi connectivity index (χ3v) is 4.02. The number of aliphatic hydroxyl groups excluding tert-OH is 1. The molecule has 0 aliphatic rings. The lowest BCUT2D eigenvalue weighted by molar-refractivity contribution is -0.122. The van der Waals surface area contributed by atoms with Gasteiger partial charge in [0.05, 0.1) is 17.5 Å². The van der Waals surface area contributed by atoms with E-state index in [0.717, 1.165) is 5.56 Å². The summed E-state index contributed by atoms with van der Waals surface area (Å²) in [7, 11) is -3.72. The van der Waals surface area contributed by atoms with Gasteiger partial charge < -0.3 is 10.4 Å². The first-order valence-corrected chi connectivity index (χ1v) is 7.32. The minimum absolute atomic E-state index is 0.0927. The highest BCUT2D eigenvalue weighted by Crippen LogP contribution is 2.10. The van der Waals surface area contributed by atoms with Gasteiger partial charge in [0, 0.05) is 6.54 Å². The van der Waals surface area contributed by atoms with Crippen molar-refractivity contribution in [1.82, 2.24) is 10.0 Å². The molecule has 1 amide bonds.